The Bertz CT molecular complexity index is 1100. The van der Waals surface area contributed by atoms with Gasteiger partial charge < -0.3 is 5.32 Å². The molecule has 0 saturated carbocycles. The van der Waals surface area contributed by atoms with Crippen LogP contribution in [0.5, 0.6) is 0 Å². The number of amides is 1. The normalized spacial score (nSPS) is 15.4. The van der Waals surface area contributed by atoms with E-state index in [0.29, 0.717) is 30.8 Å². The highest BCUT2D eigenvalue weighted by Gasteiger charge is 2.25. The number of nitrogens with zero attached hydrogens (tertiary/aromatic N) is 2. The third-order valence-electron chi connectivity index (χ3n) is 5.15. The Balaban J connectivity index is 1.34. The summed E-state index contributed by atoms with van der Waals surface area (Å²) in [6.07, 6.45) is 5.60. The molecule has 8 heteroatoms. The molecule has 1 aromatic heterocycles. The second-order valence-electron chi connectivity index (χ2n) is 7.24. The molecule has 6 nitrogen and oxygen atoms in total. The first kappa shape index (κ1) is 20.0. The van der Waals surface area contributed by atoms with Gasteiger partial charge in [-0.15, -0.1) is 0 Å². The Morgan fingerprint density at radius 1 is 1.07 bits per heavy atom. The molecule has 1 fully saturated rings. The van der Waals surface area contributed by atoms with Crippen molar-refractivity contribution < 1.29 is 13.2 Å². The summed E-state index contributed by atoms with van der Waals surface area (Å²) in [6.45, 7) is 1.19. The SMILES string of the molecule is O=C(CCc1ccc(S(=O)(=O)N2CCCCC2)cc1)Nc1ccc2sncc2c1. The van der Waals surface area contributed by atoms with Crippen molar-refractivity contribution >= 4 is 43.2 Å². The maximum absolute atomic E-state index is 12.7. The van der Waals surface area contributed by atoms with Crippen LogP contribution in [0.15, 0.2) is 53.6 Å². The van der Waals surface area contributed by atoms with Gasteiger partial charge in [0.2, 0.25) is 15.9 Å². The zero-order chi connectivity index (χ0) is 20.3. The molecule has 1 aliphatic rings. The standard InChI is InChI=1S/C21H23N3O3S2/c25-21(23-18-7-10-20-17(14-18)15-22-28-20)11-6-16-4-8-19(9-5-16)29(26,27)24-12-2-1-3-13-24/h4-5,7-10,14-15H,1-3,6,11-13H2,(H,23,25). The maximum atomic E-state index is 12.7. The lowest BCUT2D eigenvalue weighted by atomic mass is 10.1. The molecule has 29 heavy (non-hydrogen) atoms. The second kappa shape index (κ2) is 8.61. The molecule has 0 spiro atoms. The number of nitrogens with one attached hydrogen (secondary N) is 1. The molecule has 4 rings (SSSR count). The Morgan fingerprint density at radius 3 is 2.59 bits per heavy atom. The molecule has 1 saturated heterocycles. The Morgan fingerprint density at radius 2 is 1.83 bits per heavy atom. The first-order chi connectivity index (χ1) is 14.0. The lowest BCUT2D eigenvalue weighted by Crippen LogP contribution is -2.35. The van der Waals surface area contributed by atoms with E-state index in [1.54, 1.807) is 34.8 Å². The van der Waals surface area contributed by atoms with E-state index < -0.39 is 10.0 Å². The molecule has 0 radical (unpaired) electrons. The summed E-state index contributed by atoms with van der Waals surface area (Å²) in [4.78, 5) is 12.6. The highest BCUT2D eigenvalue weighted by molar-refractivity contribution is 7.89. The van der Waals surface area contributed by atoms with Crippen molar-refractivity contribution in [3.05, 3.63) is 54.2 Å². The molecule has 152 valence electrons. The number of fused-ring (bicyclic) bond motifs is 1. The van der Waals surface area contributed by atoms with E-state index in [2.05, 4.69) is 9.69 Å². The number of piperidine rings is 1. The lowest BCUT2D eigenvalue weighted by Gasteiger charge is -2.25. The summed E-state index contributed by atoms with van der Waals surface area (Å²) in [5, 5.41) is 3.92. The van der Waals surface area contributed by atoms with Gasteiger partial charge in [0.05, 0.1) is 9.60 Å². The summed E-state index contributed by atoms with van der Waals surface area (Å²) in [7, 11) is -3.41. The van der Waals surface area contributed by atoms with Gasteiger partial charge in [-0.3, -0.25) is 4.79 Å². The molecular weight excluding hydrogens is 406 g/mol. The van der Waals surface area contributed by atoms with Gasteiger partial charge in [0.15, 0.2) is 0 Å². The van der Waals surface area contributed by atoms with Crippen molar-refractivity contribution in [1.29, 1.82) is 0 Å². The van der Waals surface area contributed by atoms with Crippen molar-refractivity contribution in [2.45, 2.75) is 37.0 Å². The van der Waals surface area contributed by atoms with Gasteiger partial charge >= 0.3 is 0 Å². The van der Waals surface area contributed by atoms with E-state index in [4.69, 9.17) is 0 Å². The van der Waals surface area contributed by atoms with Gasteiger partial charge in [0.1, 0.15) is 0 Å². The molecule has 0 unspecified atom stereocenters. The number of benzene rings is 2. The largest absolute Gasteiger partial charge is 0.326 e. The molecule has 2 heterocycles. The number of rotatable bonds is 6. The number of hydrogen-bond acceptors (Lipinski definition) is 5. The van der Waals surface area contributed by atoms with Crippen molar-refractivity contribution in [2.24, 2.45) is 0 Å². The molecule has 0 aliphatic carbocycles. The van der Waals surface area contributed by atoms with Crippen LogP contribution >= 0.6 is 11.5 Å². The van der Waals surface area contributed by atoms with E-state index in [1.807, 2.05) is 18.2 Å². The van der Waals surface area contributed by atoms with Gasteiger partial charge in [-0.2, -0.15) is 8.68 Å². The van der Waals surface area contributed by atoms with Crippen molar-refractivity contribution in [1.82, 2.24) is 8.68 Å². The van der Waals surface area contributed by atoms with E-state index in [9.17, 15) is 13.2 Å². The van der Waals surface area contributed by atoms with Gasteiger partial charge in [0, 0.05) is 36.8 Å². The predicted octanol–water partition coefficient (Wildman–Crippen LogP) is 4.04. The first-order valence-electron chi connectivity index (χ1n) is 9.76. The minimum absolute atomic E-state index is 0.0717. The molecule has 3 aromatic rings. The predicted molar refractivity (Wildman–Crippen MR) is 116 cm³/mol. The quantitative estimate of drug-likeness (QED) is 0.641. The number of anilines is 1. The van der Waals surface area contributed by atoms with Crippen molar-refractivity contribution in [2.75, 3.05) is 18.4 Å². The van der Waals surface area contributed by atoms with Gasteiger partial charge in [-0.25, -0.2) is 8.42 Å². The fraction of sp³-hybridized carbons (Fsp3) is 0.333. The van der Waals surface area contributed by atoms with Crippen LogP contribution in [0.1, 0.15) is 31.2 Å². The van der Waals surface area contributed by atoms with Crippen molar-refractivity contribution in [3.63, 3.8) is 0 Å². The van der Waals surface area contributed by atoms with Crippen LogP contribution in [0.4, 0.5) is 5.69 Å². The number of carbonyl (C=O) groups is 1. The van der Waals surface area contributed by atoms with Crippen LogP contribution in [0.2, 0.25) is 0 Å². The van der Waals surface area contributed by atoms with Crippen LogP contribution in [0.3, 0.4) is 0 Å². The van der Waals surface area contributed by atoms with Gasteiger partial charge in [0.25, 0.3) is 0 Å². The molecule has 0 atom stereocenters. The summed E-state index contributed by atoms with van der Waals surface area (Å²) in [5.74, 6) is -0.0717. The third kappa shape index (κ3) is 4.66. The number of aromatic nitrogens is 1. The molecule has 1 amide bonds. The van der Waals surface area contributed by atoms with E-state index in [1.165, 1.54) is 11.5 Å². The molecule has 1 aliphatic heterocycles. The minimum Gasteiger partial charge on any atom is -0.326 e. The summed E-state index contributed by atoms with van der Waals surface area (Å²) in [5.41, 5.74) is 1.70. The number of aryl methyl sites for hydroxylation is 1. The zero-order valence-corrected chi connectivity index (χ0v) is 17.6. The topological polar surface area (TPSA) is 79.4 Å². The van der Waals surface area contributed by atoms with Gasteiger partial charge in [-0.05, 0) is 66.7 Å². The smallest absolute Gasteiger partial charge is 0.243 e. The zero-order valence-electron chi connectivity index (χ0n) is 16.0. The van der Waals surface area contributed by atoms with Crippen LogP contribution in [-0.2, 0) is 21.2 Å². The highest BCUT2D eigenvalue weighted by atomic mass is 32.2. The molecule has 0 bridgehead atoms. The first-order valence-corrected chi connectivity index (χ1v) is 12.0. The van der Waals surface area contributed by atoms with E-state index in [0.717, 1.165) is 40.6 Å². The monoisotopic (exact) mass is 429 g/mol. The molecular formula is C21H23N3O3S2. The van der Waals surface area contributed by atoms with E-state index in [-0.39, 0.29) is 5.91 Å². The van der Waals surface area contributed by atoms with Crippen LogP contribution < -0.4 is 5.32 Å². The average Bonchev–Trinajstić information content (AvgIpc) is 3.21. The lowest BCUT2D eigenvalue weighted by molar-refractivity contribution is -0.116. The molecule has 2 aromatic carbocycles. The minimum atomic E-state index is -3.41. The average molecular weight is 430 g/mol. The van der Waals surface area contributed by atoms with Crippen LogP contribution in [-0.4, -0.2) is 36.1 Å². The fourth-order valence-electron chi connectivity index (χ4n) is 3.51. The molecule has 1 N–H and O–H groups in total. The Kier molecular flexibility index (Phi) is 5.94. The summed E-state index contributed by atoms with van der Waals surface area (Å²) in [6, 6.07) is 12.6. The second-order valence-corrected chi connectivity index (χ2v) is 10.0. The third-order valence-corrected chi connectivity index (χ3v) is 7.85. The fourth-order valence-corrected chi connectivity index (χ4v) is 5.66. The van der Waals surface area contributed by atoms with Crippen LogP contribution in [0, 0.1) is 0 Å². The number of sulfonamides is 1. The van der Waals surface area contributed by atoms with Gasteiger partial charge in [-0.1, -0.05) is 18.6 Å². The summed E-state index contributed by atoms with van der Waals surface area (Å²) >= 11 is 1.43. The summed E-state index contributed by atoms with van der Waals surface area (Å²) < 4.78 is 32.2. The Labute approximate surface area is 174 Å². The van der Waals surface area contributed by atoms with Crippen LogP contribution in [0.25, 0.3) is 10.1 Å². The maximum Gasteiger partial charge on any atom is 0.243 e. The van der Waals surface area contributed by atoms with E-state index >= 15 is 0 Å². The Hall–Kier alpha value is -2.29. The number of carbonyl (C=O) groups excluding carboxylic acids is 1. The number of hydrogen-bond donors (Lipinski definition) is 1. The van der Waals surface area contributed by atoms with Crippen molar-refractivity contribution in [3.8, 4) is 0 Å². The highest BCUT2D eigenvalue weighted by Crippen LogP contribution is 2.23.